The highest BCUT2D eigenvalue weighted by atomic mass is 15.2. The van der Waals surface area contributed by atoms with Crippen LogP contribution in [0.15, 0.2) is 18.2 Å². The molecule has 2 aromatic rings. The van der Waals surface area contributed by atoms with Crippen molar-refractivity contribution in [1.29, 1.82) is 0 Å². The molecule has 1 aromatic heterocycles. The van der Waals surface area contributed by atoms with Crippen molar-refractivity contribution < 1.29 is 0 Å². The van der Waals surface area contributed by atoms with Crippen LogP contribution in [-0.4, -0.2) is 40.5 Å². The van der Waals surface area contributed by atoms with Crippen molar-refractivity contribution in [3.8, 4) is 0 Å². The van der Waals surface area contributed by atoms with Crippen LogP contribution in [0.1, 0.15) is 18.3 Å². The van der Waals surface area contributed by atoms with Gasteiger partial charge in [0.1, 0.15) is 5.82 Å². The number of nitrogens with zero attached hydrogens (tertiary/aromatic N) is 2. The predicted molar refractivity (Wildman–Crippen MR) is 73.6 cm³/mol. The molecule has 0 bridgehead atoms. The molecule has 2 N–H and O–H groups in total. The maximum Gasteiger partial charge on any atom is 0.121 e. The highest BCUT2D eigenvalue weighted by Gasteiger charge is 2.16. The van der Waals surface area contributed by atoms with E-state index in [0.717, 1.165) is 43.0 Å². The summed E-state index contributed by atoms with van der Waals surface area (Å²) in [5.41, 5.74) is 3.49. The first-order chi connectivity index (χ1) is 8.70. The SMILES string of the molecule is Cc1ccc2nc(CN3CCN[C@H](C)C3)[nH]c2c1. The number of piperazine rings is 1. The van der Waals surface area contributed by atoms with Crippen molar-refractivity contribution in [2.24, 2.45) is 0 Å². The van der Waals surface area contributed by atoms with Gasteiger partial charge in [-0.1, -0.05) is 6.07 Å². The molecular weight excluding hydrogens is 224 g/mol. The van der Waals surface area contributed by atoms with Crippen LogP contribution in [0.2, 0.25) is 0 Å². The first kappa shape index (κ1) is 11.7. The van der Waals surface area contributed by atoms with Crippen LogP contribution in [0.25, 0.3) is 11.0 Å². The molecule has 3 rings (SSSR count). The summed E-state index contributed by atoms with van der Waals surface area (Å²) in [5.74, 6) is 1.07. The smallest absolute Gasteiger partial charge is 0.121 e. The second-order valence-electron chi connectivity index (χ2n) is 5.29. The standard InChI is InChI=1S/C14H20N4/c1-10-3-4-12-13(7-10)17-14(16-12)9-18-6-5-15-11(2)8-18/h3-4,7,11,15H,5-6,8-9H2,1-2H3,(H,16,17)/t11-/m1/s1. The predicted octanol–water partition coefficient (Wildman–Crippen LogP) is 1.67. The Labute approximate surface area is 107 Å². The Hall–Kier alpha value is -1.39. The third-order valence-corrected chi connectivity index (χ3v) is 3.51. The monoisotopic (exact) mass is 244 g/mol. The lowest BCUT2D eigenvalue weighted by Gasteiger charge is -2.31. The fourth-order valence-corrected chi connectivity index (χ4v) is 2.62. The zero-order valence-corrected chi connectivity index (χ0v) is 11.0. The van der Waals surface area contributed by atoms with Gasteiger partial charge >= 0.3 is 0 Å². The Balaban J connectivity index is 1.78. The van der Waals surface area contributed by atoms with E-state index in [1.165, 1.54) is 5.56 Å². The molecule has 0 unspecified atom stereocenters. The summed E-state index contributed by atoms with van der Waals surface area (Å²) < 4.78 is 0. The van der Waals surface area contributed by atoms with Crippen molar-refractivity contribution in [3.05, 3.63) is 29.6 Å². The number of rotatable bonds is 2. The second-order valence-corrected chi connectivity index (χ2v) is 5.29. The third-order valence-electron chi connectivity index (χ3n) is 3.51. The minimum Gasteiger partial charge on any atom is -0.341 e. The fraction of sp³-hybridized carbons (Fsp3) is 0.500. The number of imidazole rings is 1. The molecule has 4 heteroatoms. The summed E-state index contributed by atoms with van der Waals surface area (Å²) in [5, 5.41) is 3.46. The molecule has 0 amide bonds. The summed E-state index contributed by atoms with van der Waals surface area (Å²) in [6, 6.07) is 6.93. The van der Waals surface area contributed by atoms with Gasteiger partial charge in [0.25, 0.3) is 0 Å². The van der Waals surface area contributed by atoms with Gasteiger partial charge in [0.15, 0.2) is 0 Å². The third kappa shape index (κ3) is 2.40. The Bertz CT molecular complexity index is 546. The number of aromatic amines is 1. The van der Waals surface area contributed by atoms with Gasteiger partial charge in [0.05, 0.1) is 17.6 Å². The molecule has 1 saturated heterocycles. The molecule has 4 nitrogen and oxygen atoms in total. The number of hydrogen-bond acceptors (Lipinski definition) is 3. The number of nitrogens with one attached hydrogen (secondary N) is 2. The van der Waals surface area contributed by atoms with E-state index in [4.69, 9.17) is 0 Å². The van der Waals surface area contributed by atoms with E-state index >= 15 is 0 Å². The molecule has 1 fully saturated rings. The van der Waals surface area contributed by atoms with E-state index in [1.807, 2.05) is 0 Å². The molecule has 2 heterocycles. The molecule has 0 saturated carbocycles. The van der Waals surface area contributed by atoms with Crippen molar-refractivity contribution >= 4 is 11.0 Å². The molecule has 1 aliphatic heterocycles. The number of aryl methyl sites for hydroxylation is 1. The molecule has 96 valence electrons. The average molecular weight is 244 g/mol. The van der Waals surface area contributed by atoms with E-state index in [2.05, 4.69) is 52.2 Å². The van der Waals surface area contributed by atoms with Gasteiger partial charge in [-0.25, -0.2) is 4.98 Å². The van der Waals surface area contributed by atoms with Gasteiger partial charge in [-0.3, -0.25) is 4.90 Å². The molecule has 18 heavy (non-hydrogen) atoms. The summed E-state index contributed by atoms with van der Waals surface area (Å²) in [6.45, 7) is 8.52. The number of fused-ring (bicyclic) bond motifs is 1. The van der Waals surface area contributed by atoms with E-state index in [-0.39, 0.29) is 0 Å². The Morgan fingerprint density at radius 3 is 3.17 bits per heavy atom. The maximum absolute atomic E-state index is 4.66. The first-order valence-electron chi connectivity index (χ1n) is 6.62. The van der Waals surface area contributed by atoms with Gasteiger partial charge in [-0.2, -0.15) is 0 Å². The van der Waals surface area contributed by atoms with Crippen molar-refractivity contribution in [3.63, 3.8) is 0 Å². The van der Waals surface area contributed by atoms with Gasteiger partial charge in [-0.15, -0.1) is 0 Å². The molecule has 1 aromatic carbocycles. The summed E-state index contributed by atoms with van der Waals surface area (Å²) in [4.78, 5) is 10.5. The topological polar surface area (TPSA) is 44.0 Å². The Morgan fingerprint density at radius 1 is 1.44 bits per heavy atom. The first-order valence-corrected chi connectivity index (χ1v) is 6.62. The fourth-order valence-electron chi connectivity index (χ4n) is 2.62. The van der Waals surface area contributed by atoms with Crippen molar-refractivity contribution in [2.75, 3.05) is 19.6 Å². The summed E-state index contributed by atoms with van der Waals surface area (Å²) in [7, 11) is 0. The van der Waals surface area contributed by atoms with Crippen LogP contribution < -0.4 is 5.32 Å². The molecule has 1 aliphatic rings. The van der Waals surface area contributed by atoms with Gasteiger partial charge in [-0.05, 0) is 31.5 Å². The van der Waals surface area contributed by atoms with E-state index in [0.29, 0.717) is 6.04 Å². The molecular formula is C14H20N4. The number of aromatic nitrogens is 2. The second kappa shape index (κ2) is 4.71. The van der Waals surface area contributed by atoms with E-state index in [9.17, 15) is 0 Å². The van der Waals surface area contributed by atoms with Crippen LogP contribution in [0.4, 0.5) is 0 Å². The zero-order valence-electron chi connectivity index (χ0n) is 11.0. The average Bonchev–Trinajstić information content (AvgIpc) is 2.70. The number of hydrogen-bond donors (Lipinski definition) is 2. The maximum atomic E-state index is 4.66. The van der Waals surface area contributed by atoms with Crippen LogP contribution in [0.3, 0.4) is 0 Å². The highest BCUT2D eigenvalue weighted by molar-refractivity contribution is 5.75. The molecule has 1 atom stereocenters. The zero-order chi connectivity index (χ0) is 12.5. The normalized spacial score (nSPS) is 21.6. The molecule has 0 aliphatic carbocycles. The lowest BCUT2D eigenvalue weighted by molar-refractivity contribution is 0.196. The van der Waals surface area contributed by atoms with Crippen LogP contribution in [0.5, 0.6) is 0 Å². The Morgan fingerprint density at radius 2 is 2.33 bits per heavy atom. The van der Waals surface area contributed by atoms with Gasteiger partial charge < -0.3 is 10.3 Å². The van der Waals surface area contributed by atoms with Crippen molar-refractivity contribution in [1.82, 2.24) is 20.2 Å². The number of H-pyrrole nitrogens is 1. The minimum absolute atomic E-state index is 0.574. The lowest BCUT2D eigenvalue weighted by Crippen LogP contribution is -2.48. The summed E-state index contributed by atoms with van der Waals surface area (Å²) >= 11 is 0. The van der Waals surface area contributed by atoms with Gasteiger partial charge in [0, 0.05) is 25.7 Å². The van der Waals surface area contributed by atoms with E-state index in [1.54, 1.807) is 0 Å². The number of benzene rings is 1. The molecule has 0 radical (unpaired) electrons. The minimum atomic E-state index is 0.574. The quantitative estimate of drug-likeness (QED) is 0.844. The highest BCUT2D eigenvalue weighted by Crippen LogP contribution is 2.14. The summed E-state index contributed by atoms with van der Waals surface area (Å²) in [6.07, 6.45) is 0. The molecule has 0 spiro atoms. The van der Waals surface area contributed by atoms with Gasteiger partial charge in [0.2, 0.25) is 0 Å². The van der Waals surface area contributed by atoms with Crippen molar-refractivity contribution in [2.45, 2.75) is 26.4 Å². The van der Waals surface area contributed by atoms with Crippen LogP contribution in [-0.2, 0) is 6.54 Å². The van der Waals surface area contributed by atoms with Crippen LogP contribution >= 0.6 is 0 Å². The lowest BCUT2D eigenvalue weighted by atomic mass is 10.2. The van der Waals surface area contributed by atoms with Crippen LogP contribution in [0, 0.1) is 6.92 Å². The largest absolute Gasteiger partial charge is 0.341 e. The Kier molecular flexibility index (Phi) is 3.06. The van der Waals surface area contributed by atoms with E-state index < -0.39 is 0 Å².